The second kappa shape index (κ2) is 11.8. The maximum absolute atomic E-state index is 14.2. The molecule has 3 aromatic rings. The van der Waals surface area contributed by atoms with E-state index in [0.29, 0.717) is 16.4 Å². The summed E-state index contributed by atoms with van der Waals surface area (Å²) in [6.07, 6.45) is 3.00. The molecule has 0 aromatic heterocycles. The Kier molecular flexibility index (Phi) is 8.48. The lowest BCUT2D eigenvalue weighted by Gasteiger charge is -2.38. The molecule has 2 N–H and O–H groups in total. The van der Waals surface area contributed by atoms with E-state index in [1.807, 2.05) is 35.2 Å². The van der Waals surface area contributed by atoms with Crippen LogP contribution < -0.4 is 20.4 Å². The van der Waals surface area contributed by atoms with E-state index in [1.54, 1.807) is 24.3 Å². The van der Waals surface area contributed by atoms with E-state index in [0.717, 1.165) is 10.5 Å². The van der Waals surface area contributed by atoms with Gasteiger partial charge in [-0.3, -0.25) is 10.1 Å². The van der Waals surface area contributed by atoms with Crippen molar-refractivity contribution < 1.29 is 26.7 Å². The summed E-state index contributed by atoms with van der Waals surface area (Å²) in [7, 11) is 0. The van der Waals surface area contributed by atoms with Crippen LogP contribution >= 0.6 is 23.8 Å². The zero-order valence-corrected chi connectivity index (χ0v) is 21.2. The van der Waals surface area contributed by atoms with Crippen LogP contribution in [0.2, 0.25) is 5.02 Å². The number of halogens is 6. The van der Waals surface area contributed by atoms with Gasteiger partial charge in [0, 0.05) is 37.9 Å². The van der Waals surface area contributed by atoms with Crippen LogP contribution in [0, 0.1) is 29.1 Å². The Morgan fingerprint density at radius 2 is 1.42 bits per heavy atom. The monoisotopic (exact) mass is 566 g/mol. The van der Waals surface area contributed by atoms with Crippen LogP contribution in [-0.2, 0) is 4.79 Å². The summed E-state index contributed by atoms with van der Waals surface area (Å²) in [5.41, 5.74) is 1.03. The topological polar surface area (TPSA) is 47.6 Å². The standard InChI is InChI=1S/C26H20ClF5N4OS/c27-17-14-16(33-26(38)34-19(37)9-6-15-4-2-1-3-5-15)7-8-18(17)35-10-12-36(13-11-35)25-23(31)21(29)20(28)22(30)24(25)32/h1-9,14H,10-13H2,(H2,33,34,37,38)/b9-6+. The minimum absolute atomic E-state index is 0.00129. The number of carbonyl (C=O) groups excluding carboxylic acids is 1. The molecule has 1 aliphatic rings. The molecule has 4 rings (SSSR count). The van der Waals surface area contributed by atoms with Crippen LogP contribution in [0.3, 0.4) is 0 Å². The van der Waals surface area contributed by atoms with Crippen LogP contribution in [0.5, 0.6) is 0 Å². The van der Waals surface area contributed by atoms with Crippen molar-refractivity contribution in [3.05, 3.63) is 94.3 Å². The van der Waals surface area contributed by atoms with Crippen molar-refractivity contribution in [2.24, 2.45) is 0 Å². The van der Waals surface area contributed by atoms with Crippen molar-refractivity contribution in [2.45, 2.75) is 0 Å². The smallest absolute Gasteiger partial charge is 0.250 e. The molecule has 1 aliphatic heterocycles. The fourth-order valence-electron chi connectivity index (χ4n) is 3.93. The van der Waals surface area contributed by atoms with Gasteiger partial charge in [0.25, 0.3) is 0 Å². The van der Waals surface area contributed by atoms with E-state index in [1.165, 1.54) is 6.08 Å². The molecule has 0 aliphatic carbocycles. The Labute approximate surface area is 225 Å². The third kappa shape index (κ3) is 6.05. The molecule has 1 heterocycles. The average molecular weight is 567 g/mol. The summed E-state index contributed by atoms with van der Waals surface area (Å²) in [6, 6.07) is 14.2. The zero-order chi connectivity index (χ0) is 27.4. The van der Waals surface area contributed by atoms with Gasteiger partial charge in [0.05, 0.1) is 10.7 Å². The highest BCUT2D eigenvalue weighted by atomic mass is 35.5. The van der Waals surface area contributed by atoms with Crippen LogP contribution in [0.15, 0.2) is 54.6 Å². The van der Waals surface area contributed by atoms with Gasteiger partial charge in [0.2, 0.25) is 11.7 Å². The molecule has 0 atom stereocenters. The number of piperazine rings is 1. The molecular formula is C26H20ClF5N4OS. The summed E-state index contributed by atoms with van der Waals surface area (Å²) in [6.45, 7) is 0.436. The van der Waals surface area contributed by atoms with Crippen molar-refractivity contribution in [3.8, 4) is 0 Å². The fraction of sp³-hybridized carbons (Fsp3) is 0.154. The molecule has 0 bridgehead atoms. The van der Waals surface area contributed by atoms with Gasteiger partial charge >= 0.3 is 0 Å². The summed E-state index contributed by atoms with van der Waals surface area (Å²) in [5, 5.41) is 5.80. The first-order valence-electron chi connectivity index (χ1n) is 11.3. The van der Waals surface area contributed by atoms with Crippen molar-refractivity contribution in [1.82, 2.24) is 5.32 Å². The number of carbonyl (C=O) groups is 1. The molecule has 5 nitrogen and oxygen atoms in total. The normalized spacial score (nSPS) is 13.6. The van der Waals surface area contributed by atoms with Crippen molar-refractivity contribution in [1.29, 1.82) is 0 Å². The van der Waals surface area contributed by atoms with Crippen LogP contribution in [0.25, 0.3) is 6.08 Å². The molecule has 12 heteroatoms. The van der Waals surface area contributed by atoms with Crippen LogP contribution in [0.4, 0.5) is 39.0 Å². The molecule has 0 spiro atoms. The summed E-state index contributed by atoms with van der Waals surface area (Å²) in [5.74, 6) is -10.3. The van der Waals surface area contributed by atoms with Gasteiger partial charge in [-0.05, 0) is 42.1 Å². The number of anilines is 3. The highest BCUT2D eigenvalue weighted by Gasteiger charge is 2.31. The first-order valence-corrected chi connectivity index (χ1v) is 12.1. The van der Waals surface area contributed by atoms with E-state index in [-0.39, 0.29) is 31.3 Å². The van der Waals surface area contributed by atoms with E-state index in [2.05, 4.69) is 10.6 Å². The van der Waals surface area contributed by atoms with E-state index < -0.39 is 40.7 Å². The Hall–Kier alpha value is -3.70. The molecule has 0 unspecified atom stereocenters. The number of hydrogen-bond donors (Lipinski definition) is 2. The van der Waals surface area contributed by atoms with Gasteiger partial charge in [-0.1, -0.05) is 41.9 Å². The molecule has 3 aromatic carbocycles. The van der Waals surface area contributed by atoms with Crippen LogP contribution in [0.1, 0.15) is 5.56 Å². The first-order chi connectivity index (χ1) is 18.2. The first kappa shape index (κ1) is 27.3. The van der Waals surface area contributed by atoms with Gasteiger partial charge in [-0.2, -0.15) is 0 Å². The van der Waals surface area contributed by atoms with Gasteiger partial charge < -0.3 is 15.1 Å². The van der Waals surface area contributed by atoms with Crippen molar-refractivity contribution >= 4 is 58.0 Å². The molecular weight excluding hydrogens is 547 g/mol. The average Bonchev–Trinajstić information content (AvgIpc) is 2.91. The Morgan fingerprint density at radius 3 is 2.03 bits per heavy atom. The van der Waals surface area contributed by atoms with E-state index in [9.17, 15) is 26.7 Å². The Balaban J connectivity index is 1.35. The minimum atomic E-state index is -2.19. The SMILES string of the molecule is O=C(/C=C/c1ccccc1)NC(=S)Nc1ccc(N2CCN(c3c(F)c(F)c(F)c(F)c3F)CC2)c(Cl)c1. The number of nitrogens with zero attached hydrogens (tertiary/aromatic N) is 2. The zero-order valence-electron chi connectivity index (χ0n) is 19.6. The fourth-order valence-corrected chi connectivity index (χ4v) is 4.45. The summed E-state index contributed by atoms with van der Waals surface area (Å²) < 4.78 is 68.9. The quantitative estimate of drug-likeness (QED) is 0.133. The second-order valence-electron chi connectivity index (χ2n) is 8.25. The number of amides is 1. The van der Waals surface area contributed by atoms with E-state index >= 15 is 0 Å². The number of benzene rings is 3. The highest BCUT2D eigenvalue weighted by molar-refractivity contribution is 7.80. The van der Waals surface area contributed by atoms with Gasteiger partial charge in [0.15, 0.2) is 28.4 Å². The minimum Gasteiger partial charge on any atom is -0.367 e. The lowest BCUT2D eigenvalue weighted by molar-refractivity contribution is -0.115. The molecule has 1 fully saturated rings. The molecule has 0 radical (unpaired) electrons. The second-order valence-corrected chi connectivity index (χ2v) is 9.06. The van der Waals surface area contributed by atoms with Crippen molar-refractivity contribution in [2.75, 3.05) is 41.3 Å². The highest BCUT2D eigenvalue weighted by Crippen LogP contribution is 2.33. The maximum Gasteiger partial charge on any atom is 0.250 e. The lowest BCUT2D eigenvalue weighted by atomic mass is 10.2. The largest absolute Gasteiger partial charge is 0.367 e. The lowest BCUT2D eigenvalue weighted by Crippen LogP contribution is -2.47. The van der Waals surface area contributed by atoms with Crippen LogP contribution in [-0.4, -0.2) is 37.2 Å². The maximum atomic E-state index is 14.2. The molecule has 1 amide bonds. The summed E-state index contributed by atoms with van der Waals surface area (Å²) in [4.78, 5) is 15.0. The number of thiocarbonyl (C=S) groups is 1. The summed E-state index contributed by atoms with van der Waals surface area (Å²) >= 11 is 11.6. The molecule has 1 saturated heterocycles. The third-order valence-electron chi connectivity index (χ3n) is 5.79. The van der Waals surface area contributed by atoms with Gasteiger partial charge in [-0.25, -0.2) is 22.0 Å². The van der Waals surface area contributed by atoms with E-state index in [4.69, 9.17) is 23.8 Å². The van der Waals surface area contributed by atoms with Crippen molar-refractivity contribution in [3.63, 3.8) is 0 Å². The molecule has 0 saturated carbocycles. The predicted octanol–water partition coefficient (Wildman–Crippen LogP) is 5.89. The predicted molar refractivity (Wildman–Crippen MR) is 142 cm³/mol. The number of hydrogen-bond acceptors (Lipinski definition) is 4. The third-order valence-corrected chi connectivity index (χ3v) is 6.30. The Morgan fingerprint density at radius 1 is 0.842 bits per heavy atom. The number of rotatable bonds is 5. The number of nitrogens with one attached hydrogen (secondary N) is 2. The molecule has 198 valence electrons. The van der Waals surface area contributed by atoms with Gasteiger partial charge in [-0.15, -0.1) is 0 Å². The molecule has 38 heavy (non-hydrogen) atoms. The Bertz CT molecular complexity index is 1370. The van der Waals surface area contributed by atoms with Gasteiger partial charge in [0.1, 0.15) is 5.69 Å².